The monoisotopic (exact) mass is 787 g/mol. The minimum atomic E-state index is -0.729. The number of hydrogen-bond acceptors (Lipinski definition) is 11. The number of aliphatic hydroxyl groups is 2. The number of hydrogen-bond donors (Lipinski definition) is 4. The molecular formula is C44H57N3O10. The molecule has 13 nitrogen and oxygen atoms in total. The maximum absolute atomic E-state index is 12.8. The van der Waals surface area contributed by atoms with Crippen molar-refractivity contribution in [3.8, 4) is 34.5 Å². The van der Waals surface area contributed by atoms with Gasteiger partial charge >= 0.3 is 0 Å². The summed E-state index contributed by atoms with van der Waals surface area (Å²) < 4.78 is 32.9. The summed E-state index contributed by atoms with van der Waals surface area (Å²) in [5.41, 5.74) is 3.39. The van der Waals surface area contributed by atoms with Crippen molar-refractivity contribution in [1.29, 1.82) is 0 Å². The predicted octanol–water partition coefficient (Wildman–Crippen LogP) is 4.92. The van der Waals surface area contributed by atoms with Crippen molar-refractivity contribution in [3.63, 3.8) is 0 Å². The molecule has 57 heavy (non-hydrogen) atoms. The topological polar surface area (TPSA) is 157 Å². The lowest BCUT2D eigenvalue weighted by molar-refractivity contribution is -0.123. The number of aryl methyl sites for hydroxylation is 2. The van der Waals surface area contributed by atoms with Crippen molar-refractivity contribution in [3.05, 3.63) is 107 Å². The second-order valence-corrected chi connectivity index (χ2v) is 13.9. The molecule has 0 saturated carbocycles. The first-order valence-electron chi connectivity index (χ1n) is 18.9. The molecule has 0 aromatic heterocycles. The first-order valence-corrected chi connectivity index (χ1v) is 18.9. The largest absolute Gasteiger partial charge is 0.493 e. The Morgan fingerprint density at radius 2 is 1.02 bits per heavy atom. The molecule has 0 heterocycles. The standard InChI is InChI=1S/C44H57N3O10/c1-47(2)27-32(25-45-43(50)28-56-35-11-7-9-33(23-35)37(48)17-13-30-15-19-39(52-3)41(21-30)54-5)26-46-44(51)29-57-36-12-8-10-34(24-36)38(49)18-14-31-16-20-40(53-4)42(22-31)55-6/h7-12,15-16,19-24,32,37-38,48-49H,13-14,17-18,25-29H2,1-6H3,(H,45,50)(H,46,51)/t37-,38-/m1/s1. The Labute approximate surface area is 335 Å². The molecule has 0 spiro atoms. The van der Waals surface area contributed by atoms with Crippen LogP contribution in [-0.2, 0) is 22.4 Å². The van der Waals surface area contributed by atoms with Crippen molar-refractivity contribution in [2.75, 3.05) is 75.4 Å². The third-order valence-electron chi connectivity index (χ3n) is 9.33. The zero-order valence-electron chi connectivity index (χ0n) is 33.8. The van der Waals surface area contributed by atoms with Crippen LogP contribution in [0.3, 0.4) is 0 Å². The van der Waals surface area contributed by atoms with Crippen LogP contribution in [0.2, 0.25) is 0 Å². The highest BCUT2D eigenvalue weighted by Crippen LogP contribution is 2.31. The zero-order chi connectivity index (χ0) is 41.2. The number of ether oxygens (including phenoxy) is 6. The van der Waals surface area contributed by atoms with Crippen LogP contribution in [0, 0.1) is 5.92 Å². The van der Waals surface area contributed by atoms with Crippen LogP contribution in [0.1, 0.15) is 47.3 Å². The van der Waals surface area contributed by atoms with E-state index in [2.05, 4.69) is 10.6 Å². The fraction of sp³-hybridized carbons (Fsp3) is 0.409. The number of carbonyl (C=O) groups is 2. The molecular weight excluding hydrogens is 730 g/mol. The summed E-state index contributed by atoms with van der Waals surface area (Å²) in [6.07, 6.45) is 0.757. The number of benzene rings is 4. The maximum Gasteiger partial charge on any atom is 0.257 e. The van der Waals surface area contributed by atoms with Crippen LogP contribution < -0.4 is 39.1 Å². The first kappa shape index (κ1) is 44.2. The van der Waals surface area contributed by atoms with E-state index in [0.29, 0.717) is 90.9 Å². The van der Waals surface area contributed by atoms with Crippen LogP contribution in [-0.4, -0.2) is 102 Å². The van der Waals surface area contributed by atoms with E-state index in [1.807, 2.05) is 67.5 Å². The minimum absolute atomic E-state index is 0.0822. The summed E-state index contributed by atoms with van der Waals surface area (Å²) in [4.78, 5) is 27.5. The van der Waals surface area contributed by atoms with Crippen molar-refractivity contribution < 1.29 is 48.2 Å². The van der Waals surface area contributed by atoms with E-state index in [9.17, 15) is 19.8 Å². The minimum Gasteiger partial charge on any atom is -0.493 e. The average molecular weight is 788 g/mol. The quantitative estimate of drug-likeness (QED) is 0.0765. The molecule has 2 atom stereocenters. The molecule has 4 aromatic carbocycles. The molecule has 0 fully saturated rings. The van der Waals surface area contributed by atoms with Gasteiger partial charge in [-0.15, -0.1) is 0 Å². The van der Waals surface area contributed by atoms with E-state index in [1.54, 1.807) is 64.8 Å². The van der Waals surface area contributed by atoms with Crippen molar-refractivity contribution in [1.82, 2.24) is 15.5 Å². The SMILES string of the molecule is COc1ccc(CC[C@@H](O)c2cccc(OCC(=O)NCC(CNC(=O)COc3cccc([C@H](O)CCc4ccc(OC)c(OC)c4)c3)CN(C)C)c2)cc1OC. The molecule has 0 aliphatic rings. The maximum atomic E-state index is 12.8. The van der Waals surface area contributed by atoms with E-state index in [4.69, 9.17) is 28.4 Å². The lowest BCUT2D eigenvalue weighted by Gasteiger charge is -2.22. The van der Waals surface area contributed by atoms with Gasteiger partial charge in [-0.2, -0.15) is 0 Å². The molecule has 0 radical (unpaired) electrons. The number of nitrogens with zero attached hydrogens (tertiary/aromatic N) is 1. The summed E-state index contributed by atoms with van der Waals surface area (Å²) >= 11 is 0. The van der Waals surface area contributed by atoms with Gasteiger partial charge in [0.1, 0.15) is 11.5 Å². The normalized spacial score (nSPS) is 12.1. The van der Waals surface area contributed by atoms with Crippen molar-refractivity contribution >= 4 is 11.8 Å². The third kappa shape index (κ3) is 14.5. The molecule has 4 rings (SSSR count). The Hall–Kier alpha value is -5.50. The Balaban J connectivity index is 1.18. The van der Waals surface area contributed by atoms with Crippen molar-refractivity contribution in [2.24, 2.45) is 5.92 Å². The summed E-state index contributed by atoms with van der Waals surface area (Å²) in [7, 11) is 10.2. The van der Waals surface area contributed by atoms with E-state index >= 15 is 0 Å². The van der Waals surface area contributed by atoms with E-state index < -0.39 is 12.2 Å². The van der Waals surface area contributed by atoms with Crippen LogP contribution in [0.4, 0.5) is 0 Å². The number of rotatable bonds is 24. The second-order valence-electron chi connectivity index (χ2n) is 13.9. The van der Waals surface area contributed by atoms with Gasteiger partial charge in [0.2, 0.25) is 0 Å². The molecule has 0 bridgehead atoms. The first-order chi connectivity index (χ1) is 27.5. The predicted molar refractivity (Wildman–Crippen MR) is 218 cm³/mol. The Kier molecular flexibility index (Phi) is 17.8. The van der Waals surface area contributed by atoms with Crippen LogP contribution in [0.15, 0.2) is 84.9 Å². The summed E-state index contributed by atoms with van der Waals surface area (Å²) in [5.74, 6) is 2.82. The Morgan fingerprint density at radius 3 is 1.40 bits per heavy atom. The molecule has 308 valence electrons. The van der Waals surface area contributed by atoms with Gasteiger partial charge in [0.15, 0.2) is 36.2 Å². The van der Waals surface area contributed by atoms with E-state index in [-0.39, 0.29) is 30.9 Å². The number of carbonyl (C=O) groups excluding carboxylic acids is 2. The number of amides is 2. The molecule has 0 aliphatic heterocycles. The van der Waals surface area contributed by atoms with Gasteiger partial charge in [0.25, 0.3) is 11.8 Å². The highest BCUT2D eigenvalue weighted by Gasteiger charge is 2.16. The lowest BCUT2D eigenvalue weighted by Crippen LogP contribution is -2.43. The molecule has 0 unspecified atom stereocenters. The van der Waals surface area contributed by atoms with E-state index in [0.717, 1.165) is 11.1 Å². The highest BCUT2D eigenvalue weighted by atomic mass is 16.5. The number of methoxy groups -OCH3 is 4. The molecule has 0 aliphatic carbocycles. The highest BCUT2D eigenvalue weighted by molar-refractivity contribution is 5.78. The van der Waals surface area contributed by atoms with Gasteiger partial charge < -0.3 is 54.2 Å². The average Bonchev–Trinajstić information content (AvgIpc) is 3.23. The summed E-state index contributed by atoms with van der Waals surface area (Å²) in [6, 6.07) is 25.5. The van der Waals surface area contributed by atoms with Gasteiger partial charge in [0.05, 0.1) is 40.6 Å². The Bertz CT molecular complexity index is 1740. The number of aliphatic hydroxyl groups excluding tert-OH is 2. The second kappa shape index (κ2) is 22.9. The van der Waals surface area contributed by atoms with Crippen molar-refractivity contribution in [2.45, 2.75) is 37.9 Å². The molecule has 4 aromatic rings. The fourth-order valence-electron chi connectivity index (χ4n) is 6.27. The molecule has 4 N–H and O–H groups in total. The van der Waals surface area contributed by atoms with Gasteiger partial charge in [-0.05, 0) is 111 Å². The zero-order valence-corrected chi connectivity index (χ0v) is 33.8. The summed E-state index contributed by atoms with van der Waals surface area (Å²) in [6.45, 7) is 0.849. The molecule has 13 heteroatoms. The number of nitrogens with one attached hydrogen (secondary N) is 2. The van der Waals surface area contributed by atoms with Crippen LogP contribution in [0.5, 0.6) is 34.5 Å². The fourth-order valence-corrected chi connectivity index (χ4v) is 6.27. The van der Waals surface area contributed by atoms with Gasteiger partial charge in [-0.25, -0.2) is 0 Å². The molecule has 2 amide bonds. The molecule has 0 saturated heterocycles. The van der Waals surface area contributed by atoms with Gasteiger partial charge in [-0.3, -0.25) is 9.59 Å². The summed E-state index contributed by atoms with van der Waals surface area (Å²) in [5, 5.41) is 27.5. The lowest BCUT2D eigenvalue weighted by atomic mass is 10.0. The van der Waals surface area contributed by atoms with E-state index in [1.165, 1.54) is 0 Å². The van der Waals surface area contributed by atoms with Gasteiger partial charge in [0, 0.05) is 25.6 Å². The smallest absolute Gasteiger partial charge is 0.257 e. The Morgan fingerprint density at radius 1 is 0.596 bits per heavy atom. The van der Waals surface area contributed by atoms with Crippen LogP contribution >= 0.6 is 0 Å². The third-order valence-corrected chi connectivity index (χ3v) is 9.33. The van der Waals surface area contributed by atoms with Crippen LogP contribution in [0.25, 0.3) is 0 Å². The van der Waals surface area contributed by atoms with Gasteiger partial charge in [-0.1, -0.05) is 36.4 Å².